The van der Waals surface area contributed by atoms with E-state index in [9.17, 15) is 9.59 Å². The molecule has 0 heterocycles. The fourth-order valence-electron chi connectivity index (χ4n) is 1.41. The lowest BCUT2D eigenvalue weighted by atomic mass is 10.2. The summed E-state index contributed by atoms with van der Waals surface area (Å²) in [6.45, 7) is 0.552. The summed E-state index contributed by atoms with van der Waals surface area (Å²) in [5, 5.41) is 11.1. The van der Waals surface area contributed by atoms with Gasteiger partial charge in [-0.2, -0.15) is 0 Å². The van der Waals surface area contributed by atoms with Crippen LogP contribution < -0.4 is 11.1 Å². The fraction of sp³-hybridized carbons (Fsp3) is 0.385. The van der Waals surface area contributed by atoms with Crippen molar-refractivity contribution in [3.8, 4) is 0 Å². The highest BCUT2D eigenvalue weighted by molar-refractivity contribution is 5.85. The Bertz CT molecular complexity index is 414. The Morgan fingerprint density at radius 3 is 2.55 bits per heavy atom. The lowest BCUT2D eigenvalue weighted by Gasteiger charge is -2.08. The molecule has 112 valence electrons. The molecule has 0 aromatic heterocycles. The molecule has 0 aliphatic rings. The Morgan fingerprint density at radius 2 is 1.95 bits per heavy atom. The smallest absolute Gasteiger partial charge is 0.407 e. The second-order valence-corrected chi connectivity index (χ2v) is 4.08. The van der Waals surface area contributed by atoms with Crippen LogP contribution in [0.3, 0.4) is 0 Å². The Balaban J connectivity index is 0.00000361. The van der Waals surface area contributed by atoms with Gasteiger partial charge in [-0.25, -0.2) is 4.79 Å². The number of aliphatic carboxylic acids is 1. The number of nitrogens with two attached hydrogens (primary N) is 1. The van der Waals surface area contributed by atoms with Crippen LogP contribution in [0.1, 0.15) is 18.4 Å². The normalized spacial score (nSPS) is 11.1. The van der Waals surface area contributed by atoms with Crippen LogP contribution in [0.15, 0.2) is 30.3 Å². The Morgan fingerprint density at radius 1 is 1.30 bits per heavy atom. The summed E-state index contributed by atoms with van der Waals surface area (Å²) in [7, 11) is 0. The Labute approximate surface area is 123 Å². The molecule has 0 unspecified atom stereocenters. The maximum Gasteiger partial charge on any atom is 0.407 e. The molecule has 0 aliphatic heterocycles. The van der Waals surface area contributed by atoms with Crippen LogP contribution in [0.25, 0.3) is 0 Å². The van der Waals surface area contributed by atoms with Crippen molar-refractivity contribution in [1.29, 1.82) is 0 Å². The monoisotopic (exact) mass is 302 g/mol. The van der Waals surface area contributed by atoms with Crippen molar-refractivity contribution in [1.82, 2.24) is 5.32 Å². The zero-order valence-electron chi connectivity index (χ0n) is 11.0. The molecule has 1 aromatic rings. The molecular formula is C13H19ClN2O4. The van der Waals surface area contributed by atoms with E-state index in [0.717, 1.165) is 5.56 Å². The van der Waals surface area contributed by atoms with Gasteiger partial charge in [0.25, 0.3) is 0 Å². The second-order valence-electron chi connectivity index (χ2n) is 4.08. The molecule has 0 saturated carbocycles. The van der Waals surface area contributed by atoms with E-state index in [-0.39, 0.29) is 19.0 Å². The first-order chi connectivity index (χ1) is 9.09. The number of carbonyl (C=O) groups is 2. The minimum absolute atomic E-state index is 0. The Hall–Kier alpha value is -1.79. The van der Waals surface area contributed by atoms with E-state index in [1.807, 2.05) is 30.3 Å². The lowest BCUT2D eigenvalue weighted by molar-refractivity contribution is -0.138. The van der Waals surface area contributed by atoms with Crippen molar-refractivity contribution in [2.75, 3.05) is 6.54 Å². The minimum atomic E-state index is -1.04. The molecule has 0 saturated heterocycles. The van der Waals surface area contributed by atoms with Gasteiger partial charge in [-0.1, -0.05) is 30.3 Å². The van der Waals surface area contributed by atoms with Crippen molar-refractivity contribution < 1.29 is 19.4 Å². The number of benzene rings is 1. The summed E-state index contributed by atoms with van der Waals surface area (Å²) in [6, 6.07) is 8.45. The van der Waals surface area contributed by atoms with E-state index in [4.69, 9.17) is 15.6 Å². The highest BCUT2D eigenvalue weighted by Crippen LogP contribution is 2.00. The van der Waals surface area contributed by atoms with Crippen molar-refractivity contribution in [3.05, 3.63) is 35.9 Å². The van der Waals surface area contributed by atoms with E-state index >= 15 is 0 Å². The fourth-order valence-corrected chi connectivity index (χ4v) is 1.41. The van der Waals surface area contributed by atoms with Gasteiger partial charge in [0.2, 0.25) is 0 Å². The number of halogens is 1. The number of nitrogens with one attached hydrogen (secondary N) is 1. The van der Waals surface area contributed by atoms with Gasteiger partial charge in [0.05, 0.1) is 0 Å². The number of carboxylic acid groups (broad SMARTS) is 1. The second kappa shape index (κ2) is 10.1. The third kappa shape index (κ3) is 7.60. The molecule has 20 heavy (non-hydrogen) atoms. The lowest BCUT2D eigenvalue weighted by Crippen LogP contribution is -2.32. The molecule has 1 rings (SSSR count). The standard InChI is InChI=1S/C13H18N2O4.ClH/c14-11(12(16)17)7-4-8-15-13(18)19-9-10-5-2-1-3-6-10;/h1-3,5-6,11H,4,7-9,14H2,(H,15,18)(H,16,17);1H/t11-;/m0./s1. The number of hydrogen-bond donors (Lipinski definition) is 3. The number of rotatable bonds is 7. The maximum atomic E-state index is 11.3. The van der Waals surface area contributed by atoms with Crippen LogP contribution in [0.2, 0.25) is 0 Å². The number of amides is 1. The summed E-state index contributed by atoms with van der Waals surface area (Å²) in [4.78, 5) is 21.8. The van der Waals surface area contributed by atoms with E-state index in [2.05, 4.69) is 5.32 Å². The highest BCUT2D eigenvalue weighted by Gasteiger charge is 2.10. The van der Waals surface area contributed by atoms with Crippen LogP contribution >= 0.6 is 12.4 Å². The molecule has 7 heteroatoms. The first-order valence-electron chi connectivity index (χ1n) is 6.02. The first-order valence-corrected chi connectivity index (χ1v) is 6.02. The van der Waals surface area contributed by atoms with E-state index in [1.165, 1.54) is 0 Å². The summed E-state index contributed by atoms with van der Waals surface area (Å²) < 4.78 is 4.98. The van der Waals surface area contributed by atoms with Crippen LogP contribution in [-0.2, 0) is 16.1 Å². The van der Waals surface area contributed by atoms with Crippen LogP contribution in [0.4, 0.5) is 4.79 Å². The number of carbonyl (C=O) groups excluding carboxylic acids is 1. The molecule has 0 spiro atoms. The van der Waals surface area contributed by atoms with Gasteiger partial charge < -0.3 is 20.9 Å². The van der Waals surface area contributed by atoms with Crippen molar-refractivity contribution >= 4 is 24.5 Å². The molecule has 1 aromatic carbocycles. The minimum Gasteiger partial charge on any atom is -0.480 e. The first kappa shape index (κ1) is 18.2. The van der Waals surface area contributed by atoms with Gasteiger partial charge in [0.1, 0.15) is 12.6 Å². The number of ether oxygens (including phenoxy) is 1. The average Bonchev–Trinajstić information content (AvgIpc) is 2.42. The quantitative estimate of drug-likeness (QED) is 0.663. The molecule has 1 amide bonds. The summed E-state index contributed by atoms with van der Waals surface area (Å²) in [5.41, 5.74) is 6.23. The maximum absolute atomic E-state index is 11.3. The third-order valence-electron chi connectivity index (χ3n) is 2.49. The van der Waals surface area contributed by atoms with Gasteiger partial charge in [-0.15, -0.1) is 12.4 Å². The van der Waals surface area contributed by atoms with Gasteiger partial charge in [-0.05, 0) is 18.4 Å². The van der Waals surface area contributed by atoms with Crippen LogP contribution in [0.5, 0.6) is 0 Å². The number of carboxylic acids is 1. The molecule has 6 nitrogen and oxygen atoms in total. The molecule has 4 N–H and O–H groups in total. The molecule has 0 bridgehead atoms. The zero-order valence-corrected chi connectivity index (χ0v) is 11.8. The molecular weight excluding hydrogens is 284 g/mol. The average molecular weight is 303 g/mol. The summed E-state index contributed by atoms with van der Waals surface area (Å²) in [5.74, 6) is -1.04. The van der Waals surface area contributed by atoms with E-state index < -0.39 is 18.1 Å². The van der Waals surface area contributed by atoms with Gasteiger partial charge in [0.15, 0.2) is 0 Å². The zero-order chi connectivity index (χ0) is 14.1. The summed E-state index contributed by atoms with van der Waals surface area (Å²) in [6.07, 6.45) is 0.287. The highest BCUT2D eigenvalue weighted by atomic mass is 35.5. The van der Waals surface area contributed by atoms with Gasteiger partial charge >= 0.3 is 12.1 Å². The third-order valence-corrected chi connectivity index (χ3v) is 2.49. The van der Waals surface area contributed by atoms with E-state index in [1.54, 1.807) is 0 Å². The van der Waals surface area contributed by atoms with Crippen molar-refractivity contribution in [2.24, 2.45) is 5.73 Å². The summed E-state index contributed by atoms with van der Waals surface area (Å²) >= 11 is 0. The molecule has 0 aliphatic carbocycles. The van der Waals surface area contributed by atoms with Gasteiger partial charge in [0, 0.05) is 6.54 Å². The number of alkyl carbamates (subject to hydrolysis) is 1. The predicted molar refractivity (Wildman–Crippen MR) is 76.7 cm³/mol. The van der Waals surface area contributed by atoms with Crippen LogP contribution in [0, 0.1) is 0 Å². The number of hydrogen-bond acceptors (Lipinski definition) is 4. The molecule has 0 radical (unpaired) electrons. The SMILES string of the molecule is Cl.N[C@@H](CCCNC(=O)OCc1ccccc1)C(=O)O. The van der Waals surface area contributed by atoms with Gasteiger partial charge in [-0.3, -0.25) is 4.79 Å². The molecule has 0 fully saturated rings. The van der Waals surface area contributed by atoms with Crippen molar-refractivity contribution in [3.63, 3.8) is 0 Å². The topological polar surface area (TPSA) is 102 Å². The Kier molecular flexibility index (Phi) is 9.15. The molecule has 1 atom stereocenters. The van der Waals surface area contributed by atoms with E-state index in [0.29, 0.717) is 19.4 Å². The predicted octanol–water partition coefficient (Wildman–Crippen LogP) is 1.53. The largest absolute Gasteiger partial charge is 0.480 e. The van der Waals surface area contributed by atoms with Crippen LogP contribution in [-0.4, -0.2) is 29.8 Å². The van der Waals surface area contributed by atoms with Crippen molar-refractivity contribution in [2.45, 2.75) is 25.5 Å².